The molecule has 0 bridgehead atoms. The summed E-state index contributed by atoms with van der Waals surface area (Å²) in [6, 6.07) is 0.366. The van der Waals surface area contributed by atoms with E-state index in [1.165, 1.54) is 0 Å². The lowest BCUT2D eigenvalue weighted by atomic mass is 10.1. The van der Waals surface area contributed by atoms with Crippen LogP contribution in [0.15, 0.2) is 0 Å². The van der Waals surface area contributed by atoms with Gasteiger partial charge in [-0.2, -0.15) is 0 Å². The van der Waals surface area contributed by atoms with Gasteiger partial charge in [-0.3, -0.25) is 4.79 Å². The van der Waals surface area contributed by atoms with Crippen LogP contribution in [-0.4, -0.2) is 49.2 Å². The zero-order chi connectivity index (χ0) is 14.0. The molecule has 0 aromatic heterocycles. The fourth-order valence-corrected chi connectivity index (χ4v) is 1.91. The fourth-order valence-electron chi connectivity index (χ4n) is 1.91. The summed E-state index contributed by atoms with van der Waals surface area (Å²) in [5.74, 6) is 0.212. The highest BCUT2D eigenvalue weighted by Gasteiger charge is 2.22. The molecule has 0 unspecified atom stereocenters. The predicted molar refractivity (Wildman–Crippen MR) is 75.7 cm³/mol. The standard InChI is InChI=1S/C12H24N2O2.C2H6/c1-4-16-11-5-7-14(8-6-11)12(15)9-13-10(2)3;1-2/h10-11,13H,4-9H2,1-3H3;1-2H3. The molecule has 1 amide bonds. The van der Waals surface area contributed by atoms with Crippen molar-refractivity contribution in [1.29, 1.82) is 0 Å². The van der Waals surface area contributed by atoms with Gasteiger partial charge in [0.15, 0.2) is 0 Å². The highest BCUT2D eigenvalue weighted by Crippen LogP contribution is 2.13. The fraction of sp³-hybridized carbons (Fsp3) is 0.929. The summed E-state index contributed by atoms with van der Waals surface area (Å²) in [6.07, 6.45) is 2.30. The molecule has 0 aliphatic carbocycles. The number of carbonyl (C=O) groups excluding carboxylic acids is 1. The molecule has 4 heteroatoms. The number of amides is 1. The molecule has 1 fully saturated rings. The second kappa shape index (κ2) is 10.3. The van der Waals surface area contributed by atoms with Crippen LogP contribution in [-0.2, 0) is 9.53 Å². The van der Waals surface area contributed by atoms with Crippen LogP contribution in [0.5, 0.6) is 0 Å². The number of ether oxygens (including phenoxy) is 1. The van der Waals surface area contributed by atoms with E-state index in [4.69, 9.17) is 4.74 Å². The van der Waals surface area contributed by atoms with Crippen molar-refractivity contribution in [2.24, 2.45) is 0 Å². The molecule has 1 aliphatic rings. The molecular weight excluding hydrogens is 228 g/mol. The van der Waals surface area contributed by atoms with Crippen LogP contribution in [0.1, 0.15) is 47.5 Å². The minimum absolute atomic E-state index is 0.212. The van der Waals surface area contributed by atoms with Crippen molar-refractivity contribution in [1.82, 2.24) is 10.2 Å². The molecule has 1 heterocycles. The monoisotopic (exact) mass is 258 g/mol. The second-order valence-electron chi connectivity index (χ2n) is 4.57. The molecule has 0 atom stereocenters. The number of hydrogen-bond donors (Lipinski definition) is 1. The molecule has 0 aromatic carbocycles. The van der Waals surface area contributed by atoms with Crippen molar-refractivity contribution >= 4 is 5.91 Å². The van der Waals surface area contributed by atoms with E-state index >= 15 is 0 Å². The largest absolute Gasteiger partial charge is 0.378 e. The third-order valence-electron chi connectivity index (χ3n) is 2.86. The molecule has 108 valence electrons. The van der Waals surface area contributed by atoms with Crippen LogP contribution in [0.25, 0.3) is 0 Å². The molecule has 1 aliphatic heterocycles. The number of nitrogens with zero attached hydrogens (tertiary/aromatic N) is 1. The van der Waals surface area contributed by atoms with Gasteiger partial charge in [-0.1, -0.05) is 27.7 Å². The van der Waals surface area contributed by atoms with Gasteiger partial charge in [0.2, 0.25) is 5.91 Å². The van der Waals surface area contributed by atoms with E-state index in [1.54, 1.807) is 0 Å². The van der Waals surface area contributed by atoms with Gasteiger partial charge < -0.3 is 15.0 Å². The summed E-state index contributed by atoms with van der Waals surface area (Å²) in [6.45, 7) is 13.0. The Kier molecular flexibility index (Phi) is 9.98. The average Bonchev–Trinajstić information content (AvgIpc) is 2.39. The number of rotatable bonds is 5. The molecule has 18 heavy (non-hydrogen) atoms. The second-order valence-corrected chi connectivity index (χ2v) is 4.57. The van der Waals surface area contributed by atoms with E-state index in [9.17, 15) is 4.79 Å². The summed E-state index contributed by atoms with van der Waals surface area (Å²) in [5, 5.41) is 3.16. The SMILES string of the molecule is CC.CCOC1CCN(C(=O)CNC(C)C)CC1. The van der Waals surface area contributed by atoms with Crippen LogP contribution in [0, 0.1) is 0 Å². The topological polar surface area (TPSA) is 41.6 Å². The van der Waals surface area contributed by atoms with Crippen LogP contribution in [0.4, 0.5) is 0 Å². The van der Waals surface area contributed by atoms with Crippen molar-refractivity contribution in [3.63, 3.8) is 0 Å². The van der Waals surface area contributed by atoms with Crippen LogP contribution in [0.2, 0.25) is 0 Å². The van der Waals surface area contributed by atoms with Gasteiger partial charge in [0.05, 0.1) is 12.6 Å². The van der Waals surface area contributed by atoms with Crippen LogP contribution < -0.4 is 5.32 Å². The molecule has 1 rings (SSSR count). The van der Waals surface area contributed by atoms with Gasteiger partial charge in [-0.25, -0.2) is 0 Å². The van der Waals surface area contributed by atoms with Gasteiger partial charge in [0.25, 0.3) is 0 Å². The van der Waals surface area contributed by atoms with E-state index < -0.39 is 0 Å². The first-order valence-electron chi connectivity index (χ1n) is 7.26. The Morgan fingerprint density at radius 3 is 2.33 bits per heavy atom. The number of nitrogens with one attached hydrogen (secondary N) is 1. The van der Waals surface area contributed by atoms with Gasteiger partial charge in [-0.15, -0.1) is 0 Å². The Bertz CT molecular complexity index is 212. The highest BCUT2D eigenvalue weighted by molar-refractivity contribution is 5.78. The molecule has 1 N–H and O–H groups in total. The average molecular weight is 258 g/mol. The molecule has 0 radical (unpaired) electrons. The normalized spacial score (nSPS) is 16.4. The van der Waals surface area contributed by atoms with Gasteiger partial charge in [0.1, 0.15) is 0 Å². The molecular formula is C14H30N2O2. The van der Waals surface area contributed by atoms with E-state index in [1.807, 2.05) is 25.7 Å². The summed E-state index contributed by atoms with van der Waals surface area (Å²) >= 11 is 0. The minimum Gasteiger partial charge on any atom is -0.378 e. The van der Waals surface area contributed by atoms with E-state index in [-0.39, 0.29) is 5.91 Å². The molecule has 0 aromatic rings. The zero-order valence-corrected chi connectivity index (χ0v) is 12.7. The lowest BCUT2D eigenvalue weighted by Crippen LogP contribution is -2.45. The summed E-state index contributed by atoms with van der Waals surface area (Å²) in [5.41, 5.74) is 0. The number of carbonyl (C=O) groups is 1. The van der Waals surface area contributed by atoms with Crippen molar-refractivity contribution < 1.29 is 9.53 Å². The first kappa shape index (κ1) is 17.4. The summed E-state index contributed by atoms with van der Waals surface area (Å²) in [7, 11) is 0. The van der Waals surface area contributed by atoms with Crippen LogP contribution in [0.3, 0.4) is 0 Å². The van der Waals surface area contributed by atoms with Crippen molar-refractivity contribution in [2.45, 2.75) is 59.6 Å². The third-order valence-corrected chi connectivity index (χ3v) is 2.86. The van der Waals surface area contributed by atoms with Crippen molar-refractivity contribution in [2.75, 3.05) is 26.2 Å². The van der Waals surface area contributed by atoms with Crippen molar-refractivity contribution in [3.05, 3.63) is 0 Å². The number of piperidine rings is 1. The Morgan fingerprint density at radius 2 is 1.89 bits per heavy atom. The Morgan fingerprint density at radius 1 is 1.33 bits per heavy atom. The zero-order valence-electron chi connectivity index (χ0n) is 12.7. The molecule has 0 saturated carbocycles. The number of hydrogen-bond acceptors (Lipinski definition) is 3. The van der Waals surface area contributed by atoms with E-state index in [0.717, 1.165) is 32.5 Å². The highest BCUT2D eigenvalue weighted by atomic mass is 16.5. The quantitative estimate of drug-likeness (QED) is 0.820. The lowest BCUT2D eigenvalue weighted by molar-refractivity contribution is -0.132. The molecule has 1 saturated heterocycles. The Labute approximate surface area is 112 Å². The maximum absolute atomic E-state index is 11.8. The van der Waals surface area contributed by atoms with Crippen LogP contribution >= 0.6 is 0 Å². The first-order chi connectivity index (χ1) is 8.63. The smallest absolute Gasteiger partial charge is 0.236 e. The Balaban J connectivity index is 0.00000137. The van der Waals surface area contributed by atoms with E-state index in [0.29, 0.717) is 18.7 Å². The molecule has 4 nitrogen and oxygen atoms in total. The maximum Gasteiger partial charge on any atom is 0.236 e. The third kappa shape index (κ3) is 6.97. The molecule has 0 spiro atoms. The summed E-state index contributed by atoms with van der Waals surface area (Å²) in [4.78, 5) is 13.7. The number of likely N-dealkylation sites (tertiary alicyclic amines) is 1. The van der Waals surface area contributed by atoms with Crippen molar-refractivity contribution in [3.8, 4) is 0 Å². The Hall–Kier alpha value is -0.610. The van der Waals surface area contributed by atoms with Gasteiger partial charge in [-0.05, 0) is 19.8 Å². The van der Waals surface area contributed by atoms with Gasteiger partial charge in [0, 0.05) is 25.7 Å². The minimum atomic E-state index is 0.212. The first-order valence-corrected chi connectivity index (χ1v) is 7.26. The maximum atomic E-state index is 11.8. The van der Waals surface area contributed by atoms with Gasteiger partial charge >= 0.3 is 0 Å². The lowest BCUT2D eigenvalue weighted by Gasteiger charge is -2.32. The predicted octanol–water partition coefficient (Wildman–Crippen LogP) is 2.04. The summed E-state index contributed by atoms with van der Waals surface area (Å²) < 4.78 is 5.56. The van der Waals surface area contributed by atoms with E-state index in [2.05, 4.69) is 19.2 Å².